The van der Waals surface area contributed by atoms with E-state index in [0.29, 0.717) is 22.2 Å². The molecule has 11 nitrogen and oxygen atoms in total. The average Bonchev–Trinajstić information content (AvgIpc) is 3.72. The number of nitrogens with one attached hydrogen (secondary N) is 3. The molecule has 7 rings (SSSR count). The third-order valence-corrected chi connectivity index (χ3v) is 10.2. The number of amides is 2. The molecular weight excluding hydrogens is 783 g/mol. The molecule has 1 saturated heterocycles. The fraction of sp³-hybridized carbons (Fsp3) is 0.317. The Bertz CT molecular complexity index is 2470. The Kier molecular flexibility index (Phi) is 10.4. The summed E-state index contributed by atoms with van der Waals surface area (Å²) in [5, 5.41) is 18.7. The van der Waals surface area contributed by atoms with Gasteiger partial charge in [0, 0.05) is 10.9 Å². The Labute approximate surface area is 334 Å². The van der Waals surface area contributed by atoms with E-state index < -0.39 is 65.5 Å². The topological polar surface area (TPSA) is 138 Å². The van der Waals surface area contributed by atoms with Crippen LogP contribution in [0.2, 0.25) is 5.02 Å². The zero-order valence-electron chi connectivity index (χ0n) is 31.3. The third-order valence-electron chi connectivity index (χ3n) is 9.91. The maximum absolute atomic E-state index is 15.1. The van der Waals surface area contributed by atoms with Gasteiger partial charge in [-0.15, -0.1) is 0 Å². The summed E-state index contributed by atoms with van der Waals surface area (Å²) in [6, 6.07) is 21.0. The van der Waals surface area contributed by atoms with Gasteiger partial charge in [-0.05, 0) is 90.3 Å². The molecule has 5 aromatic rings. The minimum Gasteiger partial charge on any atom is -0.447 e. The summed E-state index contributed by atoms with van der Waals surface area (Å²) < 4.78 is 75.2. The lowest BCUT2D eigenvalue weighted by molar-refractivity contribution is -0.164. The number of benzene rings is 3. The van der Waals surface area contributed by atoms with Gasteiger partial charge in [0.2, 0.25) is 0 Å². The van der Waals surface area contributed by atoms with E-state index in [0.717, 1.165) is 21.5 Å². The number of halogens is 6. The molecule has 2 amide bonds. The molecule has 1 aliphatic heterocycles. The molecule has 300 valence electrons. The molecule has 0 radical (unpaired) electrons. The Morgan fingerprint density at radius 3 is 2.45 bits per heavy atom. The minimum absolute atomic E-state index is 0.0311. The van der Waals surface area contributed by atoms with Gasteiger partial charge in [-0.2, -0.15) is 18.3 Å². The number of fused-ring (bicyclic) bond motifs is 1. The molecule has 2 aromatic heterocycles. The molecular formula is C41H36ClF5N8O3. The smallest absolute Gasteiger partial charge is 0.411 e. The van der Waals surface area contributed by atoms with E-state index in [1.807, 2.05) is 62.5 Å². The van der Waals surface area contributed by atoms with Crippen LogP contribution >= 0.6 is 11.6 Å². The SMILES string of the molecule is CC(C)(C)C[C@]1(c2ccc3nc(C#Cc4ccccc4)ccc3c2)NC(=N)N([C@H](COC(=O)NC2(C(F)(F)F)CC2)c2ccc(Cl)c(-n3ncnc3C(F)F)c2)C1=O. The first-order chi connectivity index (χ1) is 27.4. The van der Waals surface area contributed by atoms with Crippen molar-refractivity contribution < 1.29 is 36.3 Å². The van der Waals surface area contributed by atoms with Crippen molar-refractivity contribution in [3.63, 3.8) is 0 Å². The molecule has 3 aromatic carbocycles. The Hall–Kier alpha value is -6.08. The second kappa shape index (κ2) is 15.0. The first-order valence-corrected chi connectivity index (χ1v) is 18.5. The van der Waals surface area contributed by atoms with Crippen LogP contribution in [0.3, 0.4) is 0 Å². The van der Waals surface area contributed by atoms with Crippen LogP contribution in [0.15, 0.2) is 85.2 Å². The van der Waals surface area contributed by atoms with E-state index in [1.54, 1.807) is 24.3 Å². The quantitative estimate of drug-likeness (QED) is 0.100. The Morgan fingerprint density at radius 2 is 1.78 bits per heavy atom. The molecule has 2 atom stereocenters. The molecule has 1 aliphatic carbocycles. The van der Waals surface area contributed by atoms with Crippen LogP contribution in [0.25, 0.3) is 16.6 Å². The predicted octanol–water partition coefficient (Wildman–Crippen LogP) is 8.37. The number of nitrogens with zero attached hydrogens (tertiary/aromatic N) is 5. The summed E-state index contributed by atoms with van der Waals surface area (Å²) in [5.74, 6) is 4.36. The second-order valence-corrected chi connectivity index (χ2v) is 15.8. The van der Waals surface area contributed by atoms with Crippen molar-refractivity contribution in [3.05, 3.63) is 118 Å². The number of alkyl halides is 5. The largest absolute Gasteiger partial charge is 0.447 e. The van der Waals surface area contributed by atoms with Crippen LogP contribution in [0.1, 0.15) is 80.7 Å². The van der Waals surface area contributed by atoms with Gasteiger partial charge in [0.15, 0.2) is 11.8 Å². The van der Waals surface area contributed by atoms with Gasteiger partial charge in [0.05, 0.1) is 22.3 Å². The van der Waals surface area contributed by atoms with E-state index in [4.69, 9.17) is 16.3 Å². The fourth-order valence-electron chi connectivity index (χ4n) is 7.05. The molecule has 2 aliphatic rings. The average molecular weight is 819 g/mol. The van der Waals surface area contributed by atoms with E-state index in [2.05, 4.69) is 32.2 Å². The van der Waals surface area contributed by atoms with Crippen molar-refractivity contribution >= 4 is 40.5 Å². The number of pyridine rings is 1. The van der Waals surface area contributed by atoms with Crippen LogP contribution in [-0.2, 0) is 15.1 Å². The van der Waals surface area contributed by atoms with Crippen molar-refractivity contribution in [3.8, 4) is 17.5 Å². The van der Waals surface area contributed by atoms with Gasteiger partial charge in [0.25, 0.3) is 12.3 Å². The Morgan fingerprint density at radius 1 is 1.03 bits per heavy atom. The van der Waals surface area contributed by atoms with Crippen LogP contribution in [-0.4, -0.2) is 60.9 Å². The third kappa shape index (κ3) is 7.91. The highest BCUT2D eigenvalue weighted by Gasteiger charge is 2.64. The summed E-state index contributed by atoms with van der Waals surface area (Å²) in [5.41, 5.74) is -2.05. The molecule has 0 bridgehead atoms. The fourth-order valence-corrected chi connectivity index (χ4v) is 7.24. The van der Waals surface area contributed by atoms with E-state index in [9.17, 15) is 32.2 Å². The van der Waals surface area contributed by atoms with Gasteiger partial charge >= 0.3 is 12.3 Å². The van der Waals surface area contributed by atoms with E-state index in [1.165, 1.54) is 18.2 Å². The monoisotopic (exact) mass is 818 g/mol. The molecule has 17 heteroatoms. The predicted molar refractivity (Wildman–Crippen MR) is 204 cm³/mol. The molecule has 3 N–H and O–H groups in total. The maximum atomic E-state index is 15.1. The number of carbonyl (C=O) groups is 2. The highest BCUT2D eigenvalue weighted by molar-refractivity contribution is 6.32. The minimum atomic E-state index is -4.73. The van der Waals surface area contributed by atoms with Crippen molar-refractivity contribution in [1.29, 1.82) is 5.41 Å². The van der Waals surface area contributed by atoms with Gasteiger partial charge in [-0.25, -0.2) is 28.2 Å². The number of carbonyl (C=O) groups excluding carboxylic acids is 2. The van der Waals surface area contributed by atoms with Crippen molar-refractivity contribution in [1.82, 2.24) is 35.3 Å². The highest BCUT2D eigenvalue weighted by Crippen LogP contribution is 2.49. The molecule has 58 heavy (non-hydrogen) atoms. The molecule has 3 heterocycles. The number of alkyl carbamates (subject to hydrolysis) is 1. The summed E-state index contributed by atoms with van der Waals surface area (Å²) in [7, 11) is 0. The van der Waals surface area contributed by atoms with Crippen molar-refractivity contribution in [2.75, 3.05) is 6.61 Å². The lowest BCUT2D eigenvalue weighted by Crippen LogP contribution is -2.49. The molecule has 0 unspecified atom stereocenters. The number of hydrogen-bond donors (Lipinski definition) is 3. The second-order valence-electron chi connectivity index (χ2n) is 15.4. The maximum Gasteiger partial charge on any atom is 0.411 e. The summed E-state index contributed by atoms with van der Waals surface area (Å²) in [6.07, 6.45) is -8.78. The van der Waals surface area contributed by atoms with Crippen LogP contribution in [0.5, 0.6) is 0 Å². The first-order valence-electron chi connectivity index (χ1n) is 18.1. The first kappa shape index (κ1) is 40.1. The van der Waals surface area contributed by atoms with Gasteiger partial charge in [0.1, 0.15) is 29.7 Å². The standard InChI is InChI=1S/C41H36ClF5N8O3/c1-38(2,3)22-40(27-12-16-30-25(19-27)10-14-28(51-30)13-9-24-7-5-4-6-8-24)35(56)54(36(48)52-40)32(21-58-37(57)53-39(17-18-39)41(45,46)47)26-11-15-29(42)31(20-26)55-34(33(43)44)49-23-50-55/h4-8,10-12,14-16,19-20,23,32-33H,17-18,21-22H2,1-3H3,(H2,48,52)(H,53,57)/t32-,40-/m1/s1. The van der Waals surface area contributed by atoms with E-state index in [-0.39, 0.29) is 35.5 Å². The summed E-state index contributed by atoms with van der Waals surface area (Å²) >= 11 is 6.45. The van der Waals surface area contributed by atoms with Crippen LogP contribution in [0.4, 0.5) is 26.7 Å². The normalized spacial score (nSPS) is 18.1. The number of aromatic nitrogens is 4. The summed E-state index contributed by atoms with van der Waals surface area (Å²) in [6.45, 7) is 5.01. The molecule has 0 spiro atoms. The number of rotatable bonds is 9. The number of guanidine groups is 1. The molecule has 1 saturated carbocycles. The Balaban J connectivity index is 1.27. The van der Waals surface area contributed by atoms with Crippen molar-refractivity contribution in [2.24, 2.45) is 5.41 Å². The van der Waals surface area contributed by atoms with Gasteiger partial charge in [-0.1, -0.05) is 68.6 Å². The number of hydrogen-bond acceptors (Lipinski definition) is 7. The zero-order valence-corrected chi connectivity index (χ0v) is 32.1. The zero-order chi connectivity index (χ0) is 41.6. The van der Waals surface area contributed by atoms with E-state index >= 15 is 4.79 Å². The van der Waals surface area contributed by atoms with Gasteiger partial charge in [-0.3, -0.25) is 15.1 Å². The number of ether oxygens (including phenoxy) is 1. The van der Waals surface area contributed by atoms with Crippen LogP contribution < -0.4 is 10.6 Å². The summed E-state index contributed by atoms with van der Waals surface area (Å²) in [4.78, 5) is 37.4. The van der Waals surface area contributed by atoms with Crippen molar-refractivity contribution in [2.45, 2.75) is 69.8 Å². The highest BCUT2D eigenvalue weighted by atomic mass is 35.5. The van der Waals surface area contributed by atoms with Crippen LogP contribution in [0, 0.1) is 22.7 Å². The van der Waals surface area contributed by atoms with Gasteiger partial charge < -0.3 is 15.4 Å². The molecule has 2 fully saturated rings. The lowest BCUT2D eigenvalue weighted by atomic mass is 9.75. The lowest BCUT2D eigenvalue weighted by Gasteiger charge is -2.35.